The maximum Gasteiger partial charge on any atom is 0.306 e. The van der Waals surface area contributed by atoms with E-state index in [2.05, 4.69) is 0 Å². The highest BCUT2D eigenvalue weighted by Crippen LogP contribution is 2.42. The third kappa shape index (κ3) is 2.83. The largest absolute Gasteiger partial charge is 0.466 e. The van der Waals surface area contributed by atoms with Gasteiger partial charge in [0.15, 0.2) is 0 Å². The number of ether oxygens (including phenoxy) is 1. The van der Waals surface area contributed by atoms with Crippen LogP contribution in [0.4, 0.5) is 0 Å². The first-order chi connectivity index (χ1) is 7.67. The molecule has 0 aromatic carbocycles. The van der Waals surface area contributed by atoms with E-state index < -0.39 is 0 Å². The maximum absolute atomic E-state index is 11.4. The second-order valence-corrected chi connectivity index (χ2v) is 5.26. The number of rotatable bonds is 3. The highest BCUT2D eigenvalue weighted by Gasteiger charge is 2.35. The van der Waals surface area contributed by atoms with Crippen molar-refractivity contribution in [2.45, 2.75) is 45.4 Å². The molecular formula is C13H20O3. The number of carbonyl (C=O) groups excluding carboxylic acids is 2. The zero-order valence-corrected chi connectivity index (χ0v) is 9.91. The van der Waals surface area contributed by atoms with Crippen molar-refractivity contribution < 1.29 is 14.3 Å². The van der Waals surface area contributed by atoms with Crippen LogP contribution in [-0.2, 0) is 14.3 Å². The molecule has 2 aliphatic rings. The molecule has 0 N–H and O–H groups in total. The van der Waals surface area contributed by atoms with Crippen LogP contribution in [0.15, 0.2) is 0 Å². The van der Waals surface area contributed by atoms with Crippen LogP contribution in [-0.4, -0.2) is 18.4 Å². The quantitative estimate of drug-likeness (QED) is 0.691. The standard InChI is InChI=1S/C13H20O3/c1-2-16-13(15)8-11-4-9-3-10(5-11)7-12(14)6-9/h9-11H,2-8H2,1H3. The summed E-state index contributed by atoms with van der Waals surface area (Å²) in [7, 11) is 0. The molecule has 2 bridgehead atoms. The van der Waals surface area contributed by atoms with Crippen LogP contribution in [0.2, 0.25) is 0 Å². The summed E-state index contributed by atoms with van der Waals surface area (Å²) < 4.78 is 4.98. The van der Waals surface area contributed by atoms with E-state index in [1.807, 2.05) is 6.92 Å². The molecule has 0 aromatic heterocycles. The summed E-state index contributed by atoms with van der Waals surface area (Å²) in [6, 6.07) is 0. The van der Waals surface area contributed by atoms with E-state index in [0.717, 1.165) is 25.7 Å². The number of ketones is 1. The van der Waals surface area contributed by atoms with Crippen molar-refractivity contribution in [1.82, 2.24) is 0 Å². The molecule has 2 aliphatic carbocycles. The van der Waals surface area contributed by atoms with Crippen LogP contribution in [0.5, 0.6) is 0 Å². The number of Topliss-reactive ketones (excluding diaryl/α,β-unsaturated/α-hetero) is 1. The first-order valence-corrected chi connectivity index (χ1v) is 6.34. The van der Waals surface area contributed by atoms with Crippen LogP contribution in [0.1, 0.15) is 45.4 Å². The summed E-state index contributed by atoms with van der Waals surface area (Å²) in [5.74, 6) is 1.89. The first kappa shape index (κ1) is 11.6. The fourth-order valence-electron chi connectivity index (χ4n) is 3.39. The molecule has 0 amide bonds. The molecule has 3 heteroatoms. The van der Waals surface area contributed by atoms with Gasteiger partial charge in [-0.3, -0.25) is 9.59 Å². The second kappa shape index (κ2) is 4.98. The topological polar surface area (TPSA) is 43.4 Å². The number of fused-ring (bicyclic) bond motifs is 2. The molecule has 0 saturated heterocycles. The van der Waals surface area contributed by atoms with Crippen molar-refractivity contribution in [2.75, 3.05) is 6.61 Å². The monoisotopic (exact) mass is 224 g/mol. The summed E-state index contributed by atoms with van der Waals surface area (Å²) in [6.45, 7) is 2.31. The van der Waals surface area contributed by atoms with E-state index in [1.54, 1.807) is 0 Å². The van der Waals surface area contributed by atoms with E-state index >= 15 is 0 Å². The zero-order valence-electron chi connectivity index (χ0n) is 9.91. The van der Waals surface area contributed by atoms with Gasteiger partial charge in [-0.05, 0) is 43.9 Å². The minimum atomic E-state index is -0.0706. The second-order valence-electron chi connectivity index (χ2n) is 5.26. The fourth-order valence-corrected chi connectivity index (χ4v) is 3.39. The Morgan fingerprint density at radius 1 is 1.25 bits per heavy atom. The van der Waals surface area contributed by atoms with E-state index in [-0.39, 0.29) is 5.97 Å². The highest BCUT2D eigenvalue weighted by atomic mass is 16.5. The molecule has 3 nitrogen and oxygen atoms in total. The maximum atomic E-state index is 11.4. The van der Waals surface area contributed by atoms with Crippen LogP contribution in [0.25, 0.3) is 0 Å². The molecule has 90 valence electrons. The van der Waals surface area contributed by atoms with Gasteiger partial charge in [0.25, 0.3) is 0 Å². The summed E-state index contributed by atoms with van der Waals surface area (Å²) in [6.07, 6.45) is 5.33. The van der Waals surface area contributed by atoms with Gasteiger partial charge in [-0.1, -0.05) is 0 Å². The number of hydrogen-bond donors (Lipinski definition) is 0. The predicted octanol–water partition coefficient (Wildman–Crippen LogP) is 2.33. The number of carbonyl (C=O) groups is 2. The smallest absolute Gasteiger partial charge is 0.306 e. The third-order valence-electron chi connectivity index (χ3n) is 3.79. The van der Waals surface area contributed by atoms with Crippen molar-refractivity contribution in [3.63, 3.8) is 0 Å². The number of esters is 1. The Balaban J connectivity index is 1.85. The predicted molar refractivity (Wildman–Crippen MR) is 59.8 cm³/mol. The molecule has 2 rings (SSSR count). The van der Waals surface area contributed by atoms with Crippen LogP contribution in [0, 0.1) is 17.8 Å². The lowest BCUT2D eigenvalue weighted by atomic mass is 9.67. The molecular weight excluding hydrogens is 204 g/mol. The van der Waals surface area contributed by atoms with Gasteiger partial charge in [-0.25, -0.2) is 0 Å². The minimum Gasteiger partial charge on any atom is -0.466 e. The highest BCUT2D eigenvalue weighted by molar-refractivity contribution is 5.79. The number of hydrogen-bond acceptors (Lipinski definition) is 3. The van der Waals surface area contributed by atoms with Gasteiger partial charge in [0.1, 0.15) is 5.78 Å². The van der Waals surface area contributed by atoms with Crippen LogP contribution in [0.3, 0.4) is 0 Å². The van der Waals surface area contributed by atoms with E-state index in [4.69, 9.17) is 4.74 Å². The summed E-state index contributed by atoms with van der Waals surface area (Å²) in [5, 5.41) is 0. The van der Waals surface area contributed by atoms with E-state index in [9.17, 15) is 9.59 Å². The molecule has 2 unspecified atom stereocenters. The van der Waals surface area contributed by atoms with Crippen LogP contribution < -0.4 is 0 Å². The van der Waals surface area contributed by atoms with Gasteiger partial charge < -0.3 is 4.74 Å². The van der Waals surface area contributed by atoms with Gasteiger partial charge in [-0.2, -0.15) is 0 Å². The molecule has 2 fully saturated rings. The lowest BCUT2D eigenvalue weighted by Gasteiger charge is -2.37. The Bertz CT molecular complexity index is 269. The van der Waals surface area contributed by atoms with Crippen LogP contribution >= 0.6 is 0 Å². The Kier molecular flexibility index (Phi) is 3.62. The Hall–Kier alpha value is -0.860. The summed E-state index contributed by atoms with van der Waals surface area (Å²) >= 11 is 0. The van der Waals surface area contributed by atoms with E-state index in [0.29, 0.717) is 36.6 Å². The van der Waals surface area contributed by atoms with Crippen molar-refractivity contribution in [2.24, 2.45) is 17.8 Å². The Morgan fingerprint density at radius 2 is 1.88 bits per heavy atom. The van der Waals surface area contributed by atoms with Crippen molar-refractivity contribution in [3.8, 4) is 0 Å². The molecule has 0 aliphatic heterocycles. The molecule has 0 aromatic rings. The van der Waals surface area contributed by atoms with Crippen molar-refractivity contribution in [3.05, 3.63) is 0 Å². The average Bonchev–Trinajstić information content (AvgIpc) is 2.15. The Labute approximate surface area is 96.5 Å². The van der Waals surface area contributed by atoms with Gasteiger partial charge in [0, 0.05) is 19.3 Å². The molecule has 2 saturated carbocycles. The molecule has 2 atom stereocenters. The van der Waals surface area contributed by atoms with Crippen molar-refractivity contribution >= 4 is 11.8 Å². The Morgan fingerprint density at radius 3 is 2.44 bits per heavy atom. The van der Waals surface area contributed by atoms with Gasteiger partial charge >= 0.3 is 5.97 Å². The SMILES string of the molecule is CCOC(=O)CC1CC2CC(=O)CC(C2)C1. The molecule has 16 heavy (non-hydrogen) atoms. The van der Waals surface area contributed by atoms with E-state index in [1.165, 1.54) is 6.42 Å². The van der Waals surface area contributed by atoms with Gasteiger partial charge in [0.05, 0.1) is 6.61 Å². The molecule has 0 spiro atoms. The van der Waals surface area contributed by atoms with Gasteiger partial charge in [0.2, 0.25) is 0 Å². The lowest BCUT2D eigenvalue weighted by molar-refractivity contribution is -0.144. The first-order valence-electron chi connectivity index (χ1n) is 6.34. The average molecular weight is 224 g/mol. The lowest BCUT2D eigenvalue weighted by Crippen LogP contribution is -2.32. The molecule has 0 heterocycles. The minimum absolute atomic E-state index is 0.0706. The summed E-state index contributed by atoms with van der Waals surface area (Å²) in [5.41, 5.74) is 0. The third-order valence-corrected chi connectivity index (χ3v) is 3.79. The zero-order chi connectivity index (χ0) is 11.5. The van der Waals surface area contributed by atoms with Crippen molar-refractivity contribution in [1.29, 1.82) is 0 Å². The summed E-state index contributed by atoms with van der Waals surface area (Å²) in [4.78, 5) is 22.8. The molecule has 0 radical (unpaired) electrons. The van der Waals surface area contributed by atoms with Gasteiger partial charge in [-0.15, -0.1) is 0 Å². The fraction of sp³-hybridized carbons (Fsp3) is 0.846. The normalized spacial score (nSPS) is 33.6.